The summed E-state index contributed by atoms with van der Waals surface area (Å²) in [6.45, 7) is 0. The summed E-state index contributed by atoms with van der Waals surface area (Å²) < 4.78 is 0.123. The van der Waals surface area contributed by atoms with Crippen molar-refractivity contribution in [1.29, 1.82) is 0 Å². The Kier molecular flexibility index (Phi) is 3.89. The molecule has 1 aliphatic rings. The fourth-order valence-corrected chi connectivity index (χ4v) is 4.48. The SMILES string of the molecule is Oc1ccc(C(O)C2SCCCS2)cc1O. The van der Waals surface area contributed by atoms with Gasteiger partial charge in [0.25, 0.3) is 0 Å². The van der Waals surface area contributed by atoms with Crippen molar-refractivity contribution in [1.82, 2.24) is 0 Å². The van der Waals surface area contributed by atoms with Gasteiger partial charge >= 0.3 is 0 Å². The maximum atomic E-state index is 10.1. The number of hydrogen-bond acceptors (Lipinski definition) is 5. The normalized spacial score (nSPS) is 19.6. The summed E-state index contributed by atoms with van der Waals surface area (Å²) in [7, 11) is 0. The average Bonchev–Trinajstić information content (AvgIpc) is 2.33. The molecule has 0 amide bonds. The second-order valence-corrected chi connectivity index (χ2v) is 6.45. The van der Waals surface area contributed by atoms with Gasteiger partial charge in [-0.1, -0.05) is 6.07 Å². The molecule has 0 radical (unpaired) electrons. The second kappa shape index (κ2) is 5.21. The van der Waals surface area contributed by atoms with E-state index in [-0.39, 0.29) is 16.1 Å². The Bertz CT molecular complexity index is 364. The first-order valence-electron chi connectivity index (χ1n) is 5.11. The quantitative estimate of drug-likeness (QED) is 0.711. The lowest BCUT2D eigenvalue weighted by molar-refractivity contribution is 0.195. The summed E-state index contributed by atoms with van der Waals surface area (Å²) in [6.07, 6.45) is 0.584. The fourth-order valence-electron chi connectivity index (χ4n) is 1.57. The van der Waals surface area contributed by atoms with Crippen molar-refractivity contribution < 1.29 is 15.3 Å². The summed E-state index contributed by atoms with van der Waals surface area (Å²) in [6, 6.07) is 4.48. The van der Waals surface area contributed by atoms with E-state index < -0.39 is 6.10 Å². The van der Waals surface area contributed by atoms with Gasteiger partial charge in [-0.25, -0.2) is 0 Å². The molecule has 1 fully saturated rings. The Morgan fingerprint density at radius 3 is 2.44 bits per heavy atom. The highest BCUT2D eigenvalue weighted by Crippen LogP contribution is 2.40. The van der Waals surface area contributed by atoms with Gasteiger partial charge in [0.1, 0.15) is 6.10 Å². The first-order chi connectivity index (χ1) is 7.68. The Labute approximate surface area is 103 Å². The van der Waals surface area contributed by atoms with Crippen molar-refractivity contribution in [2.45, 2.75) is 17.1 Å². The minimum absolute atomic E-state index is 0.123. The maximum absolute atomic E-state index is 10.1. The molecule has 3 nitrogen and oxygen atoms in total. The zero-order valence-corrected chi connectivity index (χ0v) is 10.3. The summed E-state index contributed by atoms with van der Waals surface area (Å²) in [5, 5.41) is 28.7. The van der Waals surface area contributed by atoms with Crippen molar-refractivity contribution in [2.24, 2.45) is 0 Å². The lowest BCUT2D eigenvalue weighted by Crippen LogP contribution is -2.16. The molecule has 1 atom stereocenters. The van der Waals surface area contributed by atoms with E-state index in [4.69, 9.17) is 0 Å². The molecule has 88 valence electrons. The smallest absolute Gasteiger partial charge is 0.157 e. The van der Waals surface area contributed by atoms with E-state index in [1.165, 1.54) is 18.6 Å². The van der Waals surface area contributed by atoms with E-state index in [2.05, 4.69) is 0 Å². The van der Waals surface area contributed by atoms with E-state index in [1.807, 2.05) is 0 Å². The summed E-state index contributed by atoms with van der Waals surface area (Å²) >= 11 is 3.49. The van der Waals surface area contributed by atoms with Crippen LogP contribution in [0.1, 0.15) is 18.1 Å². The van der Waals surface area contributed by atoms with Gasteiger partial charge in [-0.3, -0.25) is 0 Å². The second-order valence-electron chi connectivity index (χ2n) is 3.66. The van der Waals surface area contributed by atoms with Crippen LogP contribution >= 0.6 is 23.5 Å². The van der Waals surface area contributed by atoms with Crippen LogP contribution in [0.5, 0.6) is 11.5 Å². The lowest BCUT2D eigenvalue weighted by atomic mass is 10.1. The van der Waals surface area contributed by atoms with Crippen LogP contribution in [0.2, 0.25) is 0 Å². The monoisotopic (exact) mass is 258 g/mol. The third-order valence-electron chi connectivity index (χ3n) is 2.45. The molecule has 1 heterocycles. The van der Waals surface area contributed by atoms with Crippen molar-refractivity contribution in [3.63, 3.8) is 0 Å². The van der Waals surface area contributed by atoms with Gasteiger partial charge in [0, 0.05) is 0 Å². The van der Waals surface area contributed by atoms with E-state index in [0.29, 0.717) is 5.56 Å². The molecule has 1 aliphatic heterocycles. The molecule has 16 heavy (non-hydrogen) atoms. The summed E-state index contributed by atoms with van der Waals surface area (Å²) in [5.41, 5.74) is 0.655. The number of aromatic hydroxyl groups is 2. The van der Waals surface area contributed by atoms with Gasteiger partial charge in [0.05, 0.1) is 4.58 Å². The van der Waals surface area contributed by atoms with Gasteiger partial charge in [-0.05, 0) is 35.6 Å². The molecular weight excluding hydrogens is 244 g/mol. The zero-order chi connectivity index (χ0) is 11.5. The van der Waals surface area contributed by atoms with Crippen LogP contribution in [0.15, 0.2) is 18.2 Å². The number of rotatable bonds is 2. The van der Waals surface area contributed by atoms with E-state index >= 15 is 0 Å². The van der Waals surface area contributed by atoms with Gasteiger partial charge in [0.2, 0.25) is 0 Å². The average molecular weight is 258 g/mol. The predicted octanol–water partition coefficient (Wildman–Crippen LogP) is 2.33. The number of phenolic OH excluding ortho intramolecular Hbond substituents is 2. The summed E-state index contributed by atoms with van der Waals surface area (Å²) in [5.74, 6) is 1.81. The number of benzene rings is 1. The van der Waals surface area contributed by atoms with E-state index in [0.717, 1.165) is 11.5 Å². The van der Waals surface area contributed by atoms with Crippen LogP contribution in [-0.4, -0.2) is 31.4 Å². The maximum Gasteiger partial charge on any atom is 0.157 e. The molecule has 3 N–H and O–H groups in total. The highest BCUT2D eigenvalue weighted by molar-refractivity contribution is 8.17. The minimum Gasteiger partial charge on any atom is -0.504 e. The molecular formula is C11H14O3S2. The number of aliphatic hydroxyl groups excluding tert-OH is 1. The standard InChI is InChI=1S/C11H14O3S2/c12-8-3-2-7(6-9(8)13)10(14)11-15-4-1-5-16-11/h2-3,6,10-14H,1,4-5H2. The highest BCUT2D eigenvalue weighted by Gasteiger charge is 2.24. The van der Waals surface area contributed by atoms with E-state index in [1.54, 1.807) is 29.6 Å². The largest absolute Gasteiger partial charge is 0.504 e. The molecule has 1 saturated heterocycles. The minimum atomic E-state index is -0.596. The number of phenols is 2. The Balaban J connectivity index is 2.12. The molecule has 5 heteroatoms. The van der Waals surface area contributed by atoms with Crippen LogP contribution in [0, 0.1) is 0 Å². The third-order valence-corrected chi connectivity index (χ3v) is 5.49. The number of aliphatic hydroxyl groups is 1. The van der Waals surface area contributed by atoms with Gasteiger partial charge < -0.3 is 15.3 Å². The lowest BCUT2D eigenvalue weighted by Gasteiger charge is -2.26. The first kappa shape index (κ1) is 12.0. The fraction of sp³-hybridized carbons (Fsp3) is 0.455. The number of hydrogen-bond donors (Lipinski definition) is 3. The van der Waals surface area contributed by atoms with Crippen LogP contribution < -0.4 is 0 Å². The van der Waals surface area contributed by atoms with Gasteiger partial charge in [-0.15, -0.1) is 23.5 Å². The van der Waals surface area contributed by atoms with Gasteiger partial charge in [-0.2, -0.15) is 0 Å². The first-order valence-corrected chi connectivity index (χ1v) is 7.21. The molecule has 0 spiro atoms. The zero-order valence-electron chi connectivity index (χ0n) is 8.67. The Morgan fingerprint density at radius 2 is 1.81 bits per heavy atom. The molecule has 0 saturated carbocycles. The summed E-state index contributed by atoms with van der Waals surface area (Å²) in [4.78, 5) is 0. The molecule has 0 aromatic heterocycles. The van der Waals surface area contributed by atoms with Crippen LogP contribution in [0.3, 0.4) is 0 Å². The Hall–Kier alpha value is -0.520. The predicted molar refractivity (Wildman–Crippen MR) is 68.1 cm³/mol. The molecule has 1 aromatic carbocycles. The van der Waals surface area contributed by atoms with Crippen LogP contribution in [-0.2, 0) is 0 Å². The highest BCUT2D eigenvalue weighted by atomic mass is 32.2. The van der Waals surface area contributed by atoms with Gasteiger partial charge in [0.15, 0.2) is 11.5 Å². The molecule has 2 rings (SSSR count). The number of thioether (sulfide) groups is 2. The third kappa shape index (κ3) is 2.59. The van der Waals surface area contributed by atoms with Crippen LogP contribution in [0.4, 0.5) is 0 Å². The van der Waals surface area contributed by atoms with Crippen LogP contribution in [0.25, 0.3) is 0 Å². The molecule has 1 aromatic rings. The Morgan fingerprint density at radius 1 is 1.12 bits per heavy atom. The molecule has 0 aliphatic carbocycles. The van der Waals surface area contributed by atoms with Crippen molar-refractivity contribution in [3.8, 4) is 11.5 Å². The molecule has 1 unspecified atom stereocenters. The van der Waals surface area contributed by atoms with Crippen molar-refractivity contribution >= 4 is 23.5 Å². The molecule has 0 bridgehead atoms. The van der Waals surface area contributed by atoms with Crippen molar-refractivity contribution in [2.75, 3.05) is 11.5 Å². The van der Waals surface area contributed by atoms with E-state index in [9.17, 15) is 15.3 Å². The topological polar surface area (TPSA) is 60.7 Å². The van der Waals surface area contributed by atoms with Crippen molar-refractivity contribution in [3.05, 3.63) is 23.8 Å².